The molecule has 176 valence electrons. The van der Waals surface area contributed by atoms with Crippen molar-refractivity contribution in [2.24, 2.45) is 5.92 Å². The Morgan fingerprint density at radius 1 is 1.03 bits per heavy atom. The van der Waals surface area contributed by atoms with Gasteiger partial charge in [-0.1, -0.05) is 54.1 Å². The van der Waals surface area contributed by atoms with E-state index < -0.39 is 5.91 Å². The van der Waals surface area contributed by atoms with Crippen molar-refractivity contribution in [3.63, 3.8) is 0 Å². The average molecular weight is 498 g/mol. The van der Waals surface area contributed by atoms with E-state index in [0.717, 1.165) is 29.0 Å². The van der Waals surface area contributed by atoms with Gasteiger partial charge < -0.3 is 15.5 Å². The molecule has 0 bridgehead atoms. The smallest absolute Gasteiger partial charge is 0.286 e. The van der Waals surface area contributed by atoms with Crippen LogP contribution in [-0.4, -0.2) is 45.9 Å². The molecule has 2 N–H and O–H groups in total. The van der Waals surface area contributed by atoms with Crippen LogP contribution in [0.1, 0.15) is 44.9 Å². The third-order valence-electron chi connectivity index (χ3n) is 5.69. The number of carbonyl (C=O) groups is 3. The zero-order chi connectivity index (χ0) is 24.1. The lowest BCUT2D eigenvalue weighted by molar-refractivity contribution is -0.121. The zero-order valence-electron chi connectivity index (χ0n) is 18.6. The van der Waals surface area contributed by atoms with Gasteiger partial charge in [0.25, 0.3) is 11.8 Å². The highest BCUT2D eigenvalue weighted by Gasteiger charge is 2.30. The molecule has 2 aromatic carbocycles. The van der Waals surface area contributed by atoms with Gasteiger partial charge in [-0.2, -0.15) is 0 Å². The molecule has 1 aliphatic heterocycles. The number of para-hydroxylation sites is 1. The number of nitrogens with zero attached hydrogens (tertiary/aromatic N) is 3. The van der Waals surface area contributed by atoms with Gasteiger partial charge in [-0.3, -0.25) is 14.4 Å². The third kappa shape index (κ3) is 5.60. The molecule has 3 amide bonds. The van der Waals surface area contributed by atoms with E-state index in [9.17, 15) is 14.4 Å². The summed E-state index contributed by atoms with van der Waals surface area (Å²) in [7, 11) is 0. The molecule has 4 rings (SSSR count). The summed E-state index contributed by atoms with van der Waals surface area (Å²) in [6.07, 6.45) is 1.96. The predicted octanol–water partition coefficient (Wildman–Crippen LogP) is 4.50. The van der Waals surface area contributed by atoms with Crippen LogP contribution in [-0.2, 0) is 11.2 Å². The molecule has 2 heterocycles. The fourth-order valence-electron chi connectivity index (χ4n) is 3.82. The quantitative estimate of drug-likeness (QED) is 0.522. The lowest BCUT2D eigenvalue weighted by Crippen LogP contribution is -2.41. The minimum atomic E-state index is -0.457. The normalized spacial score (nSPS) is 14.0. The van der Waals surface area contributed by atoms with Crippen LogP contribution < -0.4 is 10.6 Å². The highest BCUT2D eigenvalue weighted by atomic mass is 35.5. The molecule has 1 aromatic heterocycles. The molecule has 0 atom stereocenters. The monoisotopic (exact) mass is 497 g/mol. The maximum atomic E-state index is 12.9. The van der Waals surface area contributed by atoms with Crippen LogP contribution in [0.3, 0.4) is 0 Å². The standard InChI is InChI=1S/C24H24ClN5O3S/c1-2-15-6-3-4-9-19(15)27-20(31)16-10-12-30(13-11-16)24(33)23-29-28-22(34-23)21(32)26-18-8-5-7-17(25)14-18/h3-9,14,16H,2,10-13H2,1H3,(H,26,32)(H,27,31). The van der Waals surface area contributed by atoms with Gasteiger partial charge in [-0.15, -0.1) is 10.2 Å². The Bertz CT molecular complexity index is 1210. The number of likely N-dealkylation sites (tertiary alicyclic amines) is 1. The number of carbonyl (C=O) groups excluding carboxylic acids is 3. The molecular weight excluding hydrogens is 474 g/mol. The number of anilines is 2. The van der Waals surface area contributed by atoms with E-state index in [1.807, 2.05) is 24.3 Å². The Labute approximate surface area is 206 Å². The molecule has 10 heteroatoms. The van der Waals surface area contributed by atoms with Crippen molar-refractivity contribution >= 4 is 52.0 Å². The molecular formula is C24H24ClN5O3S. The molecule has 0 saturated carbocycles. The summed E-state index contributed by atoms with van der Waals surface area (Å²) in [6.45, 7) is 2.93. The van der Waals surface area contributed by atoms with E-state index in [2.05, 4.69) is 27.8 Å². The van der Waals surface area contributed by atoms with E-state index in [-0.39, 0.29) is 27.7 Å². The van der Waals surface area contributed by atoms with Crippen molar-refractivity contribution in [2.45, 2.75) is 26.2 Å². The zero-order valence-corrected chi connectivity index (χ0v) is 20.2. The molecule has 1 aliphatic rings. The second-order valence-corrected chi connectivity index (χ2v) is 9.36. The first-order valence-electron chi connectivity index (χ1n) is 11.0. The molecule has 34 heavy (non-hydrogen) atoms. The van der Waals surface area contributed by atoms with E-state index >= 15 is 0 Å². The lowest BCUT2D eigenvalue weighted by atomic mass is 9.95. The molecule has 0 unspecified atom stereocenters. The Balaban J connectivity index is 1.31. The van der Waals surface area contributed by atoms with Crippen molar-refractivity contribution in [1.29, 1.82) is 0 Å². The van der Waals surface area contributed by atoms with Gasteiger partial charge in [0.15, 0.2) is 0 Å². The Kier molecular flexibility index (Phi) is 7.54. The molecule has 0 spiro atoms. The van der Waals surface area contributed by atoms with Crippen molar-refractivity contribution < 1.29 is 14.4 Å². The summed E-state index contributed by atoms with van der Waals surface area (Å²) >= 11 is 6.88. The van der Waals surface area contributed by atoms with Gasteiger partial charge in [-0.05, 0) is 49.1 Å². The topological polar surface area (TPSA) is 104 Å². The van der Waals surface area contributed by atoms with Gasteiger partial charge in [0, 0.05) is 35.4 Å². The molecule has 1 saturated heterocycles. The van der Waals surface area contributed by atoms with Crippen molar-refractivity contribution in [2.75, 3.05) is 23.7 Å². The van der Waals surface area contributed by atoms with Gasteiger partial charge in [0.05, 0.1) is 0 Å². The van der Waals surface area contributed by atoms with Crippen LogP contribution in [0.2, 0.25) is 5.02 Å². The van der Waals surface area contributed by atoms with Crippen LogP contribution >= 0.6 is 22.9 Å². The molecule has 3 aromatic rings. The highest BCUT2D eigenvalue weighted by molar-refractivity contribution is 7.15. The molecule has 0 radical (unpaired) electrons. The summed E-state index contributed by atoms with van der Waals surface area (Å²) in [4.78, 5) is 39.7. The number of nitrogens with one attached hydrogen (secondary N) is 2. The van der Waals surface area contributed by atoms with Crippen molar-refractivity contribution in [3.8, 4) is 0 Å². The van der Waals surface area contributed by atoms with Crippen LogP contribution in [0.5, 0.6) is 0 Å². The Morgan fingerprint density at radius 3 is 2.50 bits per heavy atom. The van der Waals surface area contributed by atoms with Gasteiger partial charge in [0.2, 0.25) is 15.9 Å². The third-order valence-corrected chi connectivity index (χ3v) is 6.84. The summed E-state index contributed by atoms with van der Waals surface area (Å²) < 4.78 is 0. The van der Waals surface area contributed by atoms with Gasteiger partial charge >= 0.3 is 0 Å². The molecule has 8 nitrogen and oxygen atoms in total. The summed E-state index contributed by atoms with van der Waals surface area (Å²) in [5, 5.41) is 14.2. The fourth-order valence-corrected chi connectivity index (χ4v) is 4.71. The van der Waals surface area contributed by atoms with Gasteiger partial charge in [-0.25, -0.2) is 0 Å². The number of hydrogen-bond donors (Lipinski definition) is 2. The first kappa shape index (κ1) is 23.8. The van der Waals surface area contributed by atoms with E-state index in [0.29, 0.717) is 36.6 Å². The molecule has 0 aliphatic carbocycles. The highest BCUT2D eigenvalue weighted by Crippen LogP contribution is 2.24. The van der Waals surface area contributed by atoms with Crippen LogP contribution in [0.15, 0.2) is 48.5 Å². The predicted molar refractivity (Wildman–Crippen MR) is 132 cm³/mol. The van der Waals surface area contributed by atoms with Gasteiger partial charge in [0.1, 0.15) is 0 Å². The summed E-state index contributed by atoms with van der Waals surface area (Å²) in [5.74, 6) is -0.928. The lowest BCUT2D eigenvalue weighted by Gasteiger charge is -2.30. The van der Waals surface area contributed by atoms with Crippen LogP contribution in [0.25, 0.3) is 0 Å². The minimum absolute atomic E-state index is 0.0242. The van der Waals surface area contributed by atoms with E-state index in [1.165, 1.54) is 0 Å². The minimum Gasteiger partial charge on any atom is -0.336 e. The number of benzene rings is 2. The fraction of sp³-hybridized carbons (Fsp3) is 0.292. The Hall–Kier alpha value is -3.30. The van der Waals surface area contributed by atoms with Crippen molar-refractivity contribution in [3.05, 3.63) is 69.1 Å². The van der Waals surface area contributed by atoms with E-state index in [4.69, 9.17) is 11.6 Å². The summed E-state index contributed by atoms with van der Waals surface area (Å²) in [5.41, 5.74) is 2.46. The maximum Gasteiger partial charge on any atom is 0.286 e. The maximum absolute atomic E-state index is 12.9. The SMILES string of the molecule is CCc1ccccc1NC(=O)C1CCN(C(=O)c2nnc(C(=O)Nc3cccc(Cl)c3)s2)CC1. The number of amides is 3. The number of halogens is 1. The summed E-state index contributed by atoms with van der Waals surface area (Å²) in [6, 6.07) is 14.5. The second kappa shape index (κ2) is 10.8. The number of aromatic nitrogens is 2. The largest absolute Gasteiger partial charge is 0.336 e. The first-order chi connectivity index (χ1) is 16.4. The molecule has 1 fully saturated rings. The number of aryl methyl sites for hydroxylation is 1. The second-order valence-electron chi connectivity index (χ2n) is 7.94. The number of hydrogen-bond acceptors (Lipinski definition) is 6. The number of piperidine rings is 1. The van der Waals surface area contributed by atoms with Crippen molar-refractivity contribution in [1.82, 2.24) is 15.1 Å². The average Bonchev–Trinajstić information content (AvgIpc) is 3.35. The first-order valence-corrected chi connectivity index (χ1v) is 12.2. The van der Waals surface area contributed by atoms with Crippen LogP contribution in [0.4, 0.5) is 11.4 Å². The van der Waals surface area contributed by atoms with Crippen LogP contribution in [0, 0.1) is 5.92 Å². The Morgan fingerprint density at radius 2 is 1.76 bits per heavy atom. The van der Waals surface area contributed by atoms with E-state index in [1.54, 1.807) is 29.2 Å². The number of rotatable bonds is 6.